The Kier molecular flexibility index (Phi) is 16.7. The topological polar surface area (TPSA) is 206 Å². The number of carbonyl (C=O) groups excluding carboxylic acids is 4. The highest BCUT2D eigenvalue weighted by Crippen LogP contribution is 2.50. The van der Waals surface area contributed by atoms with Crippen molar-refractivity contribution in [2.45, 2.75) is 59.7 Å². The molecule has 0 aliphatic rings. The van der Waals surface area contributed by atoms with Gasteiger partial charge in [-0.2, -0.15) is 0 Å². The van der Waals surface area contributed by atoms with Crippen molar-refractivity contribution in [3.8, 4) is 0 Å². The molecule has 0 rings (SSSR count). The molecule has 0 saturated carbocycles. The number of carboxylic acid groups (broad SMARTS) is 1. The summed E-state index contributed by atoms with van der Waals surface area (Å²) in [4.78, 5) is 57.8. The Balaban J connectivity index is 5.37. The summed E-state index contributed by atoms with van der Waals surface area (Å²) in [6.07, 6.45) is -6.18. The molecule has 0 bridgehead atoms. The van der Waals surface area contributed by atoms with E-state index in [1.807, 2.05) is 0 Å². The average Bonchev–Trinajstić information content (AvgIpc) is 2.75. The predicted octanol–water partition coefficient (Wildman–Crippen LogP) is 3.41. The molecule has 0 spiro atoms. The maximum Gasteiger partial charge on any atom is 0.511 e. The quantitative estimate of drug-likeness (QED) is 0.117. The molecule has 2 unspecified atom stereocenters. The van der Waals surface area contributed by atoms with E-state index in [-0.39, 0.29) is 6.61 Å². The van der Waals surface area contributed by atoms with E-state index < -0.39 is 95.5 Å². The minimum Gasteiger partial charge on any atom is -0.481 e. The van der Waals surface area contributed by atoms with Gasteiger partial charge in [-0.3, -0.25) is 23.2 Å². The van der Waals surface area contributed by atoms with E-state index in [4.69, 9.17) is 28.4 Å². The molecule has 0 aromatic carbocycles. The van der Waals surface area contributed by atoms with Gasteiger partial charge in [0.05, 0.1) is 30.9 Å². The fraction of sp³-hybridized carbons (Fsp3) is 0.750. The molecule has 16 nitrogen and oxygen atoms in total. The predicted molar refractivity (Wildman–Crippen MR) is 119 cm³/mol. The molecule has 0 aliphatic heterocycles. The second-order valence-corrected chi connectivity index (χ2v) is 9.55. The summed E-state index contributed by atoms with van der Waals surface area (Å²) in [5, 5.41) is 8.99. The van der Waals surface area contributed by atoms with E-state index in [1.165, 1.54) is 6.92 Å². The maximum atomic E-state index is 13.2. The van der Waals surface area contributed by atoms with E-state index in [1.54, 1.807) is 27.7 Å². The van der Waals surface area contributed by atoms with Crippen LogP contribution in [-0.2, 0) is 56.4 Å². The zero-order valence-corrected chi connectivity index (χ0v) is 22.1. The molecule has 17 heteroatoms. The number of hydrogen-bond acceptors (Lipinski definition) is 15. The Labute approximate surface area is 213 Å². The van der Waals surface area contributed by atoms with Crippen molar-refractivity contribution in [1.29, 1.82) is 0 Å². The molecule has 0 amide bonds. The third kappa shape index (κ3) is 17.9. The first-order valence-electron chi connectivity index (χ1n) is 11.0. The molecule has 0 aromatic rings. The highest BCUT2D eigenvalue weighted by Gasteiger charge is 2.35. The van der Waals surface area contributed by atoms with Crippen LogP contribution in [0.4, 0.5) is 14.4 Å². The summed E-state index contributed by atoms with van der Waals surface area (Å²) in [6.45, 7) is 4.93. The number of aliphatic carboxylic acids is 1. The van der Waals surface area contributed by atoms with E-state index >= 15 is 0 Å². The Morgan fingerprint density at radius 1 is 0.730 bits per heavy atom. The van der Waals surface area contributed by atoms with Crippen LogP contribution in [0.25, 0.3) is 0 Å². The van der Waals surface area contributed by atoms with Gasteiger partial charge in [0.15, 0.2) is 0 Å². The Morgan fingerprint density at radius 2 is 1.22 bits per heavy atom. The van der Waals surface area contributed by atoms with Crippen LogP contribution in [0.15, 0.2) is 0 Å². The van der Waals surface area contributed by atoms with Crippen LogP contribution in [0.2, 0.25) is 0 Å². The van der Waals surface area contributed by atoms with Crippen molar-refractivity contribution in [1.82, 2.24) is 0 Å². The molecule has 214 valence electrons. The molecule has 2 atom stereocenters. The Bertz CT molecular complexity index is 795. The van der Waals surface area contributed by atoms with Gasteiger partial charge in [0.1, 0.15) is 0 Å². The Morgan fingerprint density at radius 3 is 1.68 bits per heavy atom. The van der Waals surface area contributed by atoms with Crippen LogP contribution < -0.4 is 0 Å². The molecule has 1 N–H and O–H groups in total. The molecular formula is C20H33O16P. The fourth-order valence-electron chi connectivity index (χ4n) is 2.17. The molecule has 0 fully saturated rings. The van der Waals surface area contributed by atoms with Gasteiger partial charge in [-0.05, 0) is 41.0 Å². The first kappa shape index (κ1) is 33.9. The van der Waals surface area contributed by atoms with Gasteiger partial charge in [0.2, 0.25) is 20.4 Å². The first-order chi connectivity index (χ1) is 17.3. The number of hydrogen-bond donors (Lipinski definition) is 1. The number of rotatable bonds is 17. The summed E-state index contributed by atoms with van der Waals surface area (Å²) in [5.74, 6) is -3.81. The zero-order valence-electron chi connectivity index (χ0n) is 21.2. The third-order valence-electron chi connectivity index (χ3n) is 3.64. The Hall–Kier alpha value is -3.10. The molecule has 0 heterocycles. The number of carbonyl (C=O) groups is 5. The van der Waals surface area contributed by atoms with Gasteiger partial charge in [-0.15, -0.1) is 0 Å². The smallest absolute Gasteiger partial charge is 0.481 e. The average molecular weight is 560 g/mol. The van der Waals surface area contributed by atoms with Gasteiger partial charge in [0.25, 0.3) is 0 Å². The normalized spacial score (nSPS) is 13.2. The SMILES string of the molecule is CCOC(=O)OCOP(=O)(CC(CCC(=O)O)C(=O)OCOC(=O)OC(C)C)OCOC(=O)OC(C)C. The lowest BCUT2D eigenvalue weighted by atomic mass is 10.1. The highest BCUT2D eigenvalue weighted by atomic mass is 31.2. The summed E-state index contributed by atoms with van der Waals surface area (Å²) >= 11 is 0. The third-order valence-corrected chi connectivity index (χ3v) is 5.53. The highest BCUT2D eigenvalue weighted by molar-refractivity contribution is 7.53. The lowest BCUT2D eigenvalue weighted by Gasteiger charge is -2.22. The van der Waals surface area contributed by atoms with Gasteiger partial charge in [-0.1, -0.05) is 0 Å². The lowest BCUT2D eigenvalue weighted by molar-refractivity contribution is -0.158. The van der Waals surface area contributed by atoms with Crippen molar-refractivity contribution in [2.75, 3.05) is 33.1 Å². The number of ether oxygens (including phenoxy) is 7. The van der Waals surface area contributed by atoms with Gasteiger partial charge in [-0.25, -0.2) is 14.4 Å². The number of esters is 1. The van der Waals surface area contributed by atoms with Crippen LogP contribution >= 0.6 is 7.60 Å². The molecule has 37 heavy (non-hydrogen) atoms. The fourth-order valence-corrected chi connectivity index (χ4v) is 3.75. The zero-order chi connectivity index (χ0) is 28.4. The van der Waals surface area contributed by atoms with Crippen LogP contribution in [-0.4, -0.2) is 80.9 Å². The first-order valence-corrected chi connectivity index (χ1v) is 12.7. The van der Waals surface area contributed by atoms with Gasteiger partial charge in [0, 0.05) is 6.42 Å². The second kappa shape index (κ2) is 18.2. The van der Waals surface area contributed by atoms with Crippen LogP contribution in [0.5, 0.6) is 0 Å². The van der Waals surface area contributed by atoms with E-state index in [2.05, 4.69) is 18.9 Å². The second-order valence-electron chi connectivity index (χ2n) is 7.45. The van der Waals surface area contributed by atoms with E-state index in [9.17, 15) is 28.5 Å². The van der Waals surface area contributed by atoms with Gasteiger partial charge < -0.3 is 38.3 Å². The summed E-state index contributed by atoms with van der Waals surface area (Å²) in [5.41, 5.74) is 0. The van der Waals surface area contributed by atoms with Crippen molar-refractivity contribution < 1.29 is 75.8 Å². The number of carboxylic acids is 1. The van der Waals surface area contributed by atoms with Crippen molar-refractivity contribution in [2.24, 2.45) is 5.92 Å². The minimum absolute atomic E-state index is 0.0192. The summed E-state index contributed by atoms with van der Waals surface area (Å²) in [6, 6.07) is 0. The van der Waals surface area contributed by atoms with Crippen LogP contribution in [0, 0.1) is 5.92 Å². The molecular weight excluding hydrogens is 527 g/mol. The van der Waals surface area contributed by atoms with Crippen molar-refractivity contribution in [3.63, 3.8) is 0 Å². The van der Waals surface area contributed by atoms with Crippen LogP contribution in [0.1, 0.15) is 47.5 Å². The van der Waals surface area contributed by atoms with Crippen molar-refractivity contribution in [3.05, 3.63) is 0 Å². The van der Waals surface area contributed by atoms with E-state index in [0.29, 0.717) is 0 Å². The van der Waals surface area contributed by atoms with Crippen molar-refractivity contribution >= 4 is 38.0 Å². The standard InChI is InChI=1S/C20H33O16P/c1-6-28-18(24)31-11-33-37(27,34-12-32-20(26)36-14(4)5)9-15(7-8-16(21)22)17(23)29-10-30-19(25)35-13(2)3/h13-15H,6-12H2,1-5H3,(H,21,22). The lowest BCUT2D eigenvalue weighted by Crippen LogP contribution is -2.26. The van der Waals surface area contributed by atoms with Crippen LogP contribution in [0.3, 0.4) is 0 Å². The molecule has 0 aromatic heterocycles. The van der Waals surface area contributed by atoms with E-state index in [0.717, 1.165) is 0 Å². The monoisotopic (exact) mass is 560 g/mol. The maximum absolute atomic E-state index is 13.2. The molecule has 0 aliphatic carbocycles. The minimum atomic E-state index is -4.42. The molecule has 0 saturated heterocycles. The largest absolute Gasteiger partial charge is 0.511 e. The summed E-state index contributed by atoms with van der Waals surface area (Å²) < 4.78 is 55.8. The molecule has 0 radical (unpaired) electrons. The summed E-state index contributed by atoms with van der Waals surface area (Å²) in [7, 11) is -4.42. The van der Waals surface area contributed by atoms with Gasteiger partial charge >= 0.3 is 38.0 Å².